The van der Waals surface area contributed by atoms with Gasteiger partial charge in [0.2, 0.25) is 0 Å². The van der Waals surface area contributed by atoms with Crippen LogP contribution >= 0.6 is 0 Å². The topological polar surface area (TPSA) is 50.5 Å². The molecular weight excluding hydrogens is 252 g/mol. The Kier molecular flexibility index (Phi) is 3.53. The maximum Gasteiger partial charge on any atom is 0.156 e. The second-order valence-electron chi connectivity index (χ2n) is 5.86. The Labute approximate surface area is 118 Å². The molecule has 0 spiro atoms. The maximum absolute atomic E-state index is 10.8. The Morgan fingerprint density at radius 2 is 2.35 bits per heavy atom. The van der Waals surface area contributed by atoms with E-state index in [9.17, 15) is 4.79 Å². The molecule has 0 aliphatic carbocycles. The smallest absolute Gasteiger partial charge is 0.156 e. The second kappa shape index (κ2) is 5.32. The highest BCUT2D eigenvalue weighted by Gasteiger charge is 2.25. The van der Waals surface area contributed by atoms with Gasteiger partial charge in [-0.05, 0) is 44.9 Å². The summed E-state index contributed by atoms with van der Waals surface area (Å²) < 4.78 is 1.75. The molecule has 1 atom stereocenters. The summed E-state index contributed by atoms with van der Waals surface area (Å²) in [5, 5.41) is 4.49. The molecule has 1 fully saturated rings. The van der Waals surface area contributed by atoms with Crippen molar-refractivity contribution in [2.75, 3.05) is 13.1 Å². The highest BCUT2D eigenvalue weighted by atomic mass is 16.1. The summed E-state index contributed by atoms with van der Waals surface area (Å²) in [7, 11) is 0. The van der Waals surface area contributed by atoms with Crippen LogP contribution in [-0.4, -0.2) is 44.9 Å². The minimum Gasteiger partial charge on any atom is -0.301 e. The molecule has 2 aromatic heterocycles. The van der Waals surface area contributed by atoms with Crippen molar-refractivity contribution in [1.82, 2.24) is 19.5 Å². The number of carbonyl (C=O) groups excluding carboxylic acids is 1. The molecule has 1 unspecified atom stereocenters. The molecule has 3 rings (SSSR count). The van der Waals surface area contributed by atoms with Gasteiger partial charge in [0.1, 0.15) is 6.29 Å². The highest BCUT2D eigenvalue weighted by molar-refractivity contribution is 5.76. The number of aldehydes is 1. The summed E-state index contributed by atoms with van der Waals surface area (Å²) in [6.45, 7) is 6.79. The summed E-state index contributed by atoms with van der Waals surface area (Å²) in [5.74, 6) is 1.52. The third-order valence-corrected chi connectivity index (χ3v) is 4.06. The zero-order chi connectivity index (χ0) is 14.1. The maximum atomic E-state index is 10.8. The molecule has 0 saturated carbocycles. The lowest BCUT2D eigenvalue weighted by Crippen LogP contribution is -2.28. The van der Waals surface area contributed by atoms with Gasteiger partial charge in [-0.3, -0.25) is 4.79 Å². The van der Waals surface area contributed by atoms with Gasteiger partial charge in [-0.25, -0.2) is 9.50 Å². The van der Waals surface area contributed by atoms with Gasteiger partial charge in [0.05, 0.1) is 0 Å². The van der Waals surface area contributed by atoms with Crippen molar-refractivity contribution >= 4 is 11.9 Å². The van der Waals surface area contributed by atoms with E-state index in [1.165, 1.54) is 13.0 Å². The zero-order valence-corrected chi connectivity index (χ0v) is 12.0. The van der Waals surface area contributed by atoms with Crippen LogP contribution in [0.25, 0.3) is 5.65 Å². The van der Waals surface area contributed by atoms with E-state index in [1.54, 1.807) is 22.8 Å². The van der Waals surface area contributed by atoms with Crippen LogP contribution in [0.5, 0.6) is 0 Å². The number of aromatic nitrogens is 3. The Morgan fingerprint density at radius 1 is 1.50 bits per heavy atom. The number of fused-ring (bicyclic) bond motifs is 1. The Balaban J connectivity index is 1.73. The van der Waals surface area contributed by atoms with Crippen LogP contribution in [0.2, 0.25) is 0 Å². The van der Waals surface area contributed by atoms with Gasteiger partial charge in [0.15, 0.2) is 11.5 Å². The molecule has 0 bridgehead atoms. The van der Waals surface area contributed by atoms with E-state index < -0.39 is 0 Å². The minimum absolute atomic E-state index is 0.615. The summed E-state index contributed by atoms with van der Waals surface area (Å²) in [5.41, 5.74) is 1.40. The molecule has 1 aliphatic heterocycles. The molecule has 5 heteroatoms. The molecule has 2 aromatic rings. The zero-order valence-electron chi connectivity index (χ0n) is 12.0. The first kappa shape index (κ1) is 13.2. The number of hydrogen-bond donors (Lipinski definition) is 0. The standard InChI is InChI=1S/C15H20N4O/c1-11(2)18-5-3-12(9-18)7-14-16-15-8-13(10-20)4-6-19(15)17-14/h4,6,8,10-12H,3,5,7,9H2,1-2H3. The highest BCUT2D eigenvalue weighted by Crippen LogP contribution is 2.21. The molecular formula is C15H20N4O. The van der Waals surface area contributed by atoms with Gasteiger partial charge in [-0.2, -0.15) is 5.10 Å². The van der Waals surface area contributed by atoms with E-state index in [4.69, 9.17) is 0 Å². The average molecular weight is 272 g/mol. The number of rotatable bonds is 4. The Bertz CT molecular complexity index is 619. The van der Waals surface area contributed by atoms with Crippen LogP contribution in [0.15, 0.2) is 18.3 Å². The number of hydrogen-bond acceptors (Lipinski definition) is 4. The lowest BCUT2D eigenvalue weighted by Gasteiger charge is -2.19. The predicted octanol–water partition coefficient (Wildman–Crippen LogP) is 1.81. The monoisotopic (exact) mass is 272 g/mol. The molecule has 0 radical (unpaired) electrons. The van der Waals surface area contributed by atoms with E-state index in [-0.39, 0.29) is 0 Å². The van der Waals surface area contributed by atoms with Crippen molar-refractivity contribution in [1.29, 1.82) is 0 Å². The van der Waals surface area contributed by atoms with Gasteiger partial charge < -0.3 is 4.90 Å². The first-order chi connectivity index (χ1) is 9.65. The number of carbonyl (C=O) groups is 1. The van der Waals surface area contributed by atoms with Crippen LogP contribution in [0.1, 0.15) is 36.5 Å². The first-order valence-electron chi connectivity index (χ1n) is 7.20. The molecule has 1 aliphatic rings. The fraction of sp³-hybridized carbons (Fsp3) is 0.533. The first-order valence-corrected chi connectivity index (χ1v) is 7.20. The molecule has 5 nitrogen and oxygen atoms in total. The van der Waals surface area contributed by atoms with Gasteiger partial charge >= 0.3 is 0 Å². The molecule has 20 heavy (non-hydrogen) atoms. The van der Waals surface area contributed by atoms with Crippen molar-refractivity contribution < 1.29 is 4.79 Å². The minimum atomic E-state index is 0.615. The van der Waals surface area contributed by atoms with Crippen molar-refractivity contribution in [3.05, 3.63) is 29.7 Å². The van der Waals surface area contributed by atoms with E-state index in [2.05, 4.69) is 28.8 Å². The summed E-state index contributed by atoms with van der Waals surface area (Å²) >= 11 is 0. The third kappa shape index (κ3) is 2.58. The normalized spacial score (nSPS) is 20.1. The van der Waals surface area contributed by atoms with E-state index in [0.717, 1.165) is 30.7 Å². The fourth-order valence-corrected chi connectivity index (χ4v) is 2.86. The molecule has 0 N–H and O–H groups in total. The molecule has 106 valence electrons. The second-order valence-corrected chi connectivity index (χ2v) is 5.86. The molecule has 0 amide bonds. The number of nitrogens with zero attached hydrogens (tertiary/aromatic N) is 4. The van der Waals surface area contributed by atoms with Crippen LogP contribution in [0.4, 0.5) is 0 Å². The van der Waals surface area contributed by atoms with Crippen LogP contribution in [0.3, 0.4) is 0 Å². The number of pyridine rings is 1. The van der Waals surface area contributed by atoms with Crippen molar-refractivity contribution in [2.24, 2.45) is 5.92 Å². The SMILES string of the molecule is CC(C)N1CCC(Cc2nc3cc(C=O)ccn3n2)C1. The quantitative estimate of drug-likeness (QED) is 0.797. The summed E-state index contributed by atoms with van der Waals surface area (Å²) in [6, 6.07) is 4.15. The van der Waals surface area contributed by atoms with E-state index in [1.807, 2.05) is 0 Å². The Morgan fingerprint density at radius 3 is 3.05 bits per heavy atom. The van der Waals surface area contributed by atoms with E-state index in [0.29, 0.717) is 17.5 Å². The fourth-order valence-electron chi connectivity index (χ4n) is 2.86. The lowest BCUT2D eigenvalue weighted by molar-refractivity contribution is 0.112. The largest absolute Gasteiger partial charge is 0.301 e. The average Bonchev–Trinajstić information content (AvgIpc) is 3.04. The third-order valence-electron chi connectivity index (χ3n) is 4.06. The Hall–Kier alpha value is -1.75. The summed E-state index contributed by atoms with van der Waals surface area (Å²) in [4.78, 5) is 17.8. The van der Waals surface area contributed by atoms with Gasteiger partial charge in [-0.15, -0.1) is 0 Å². The van der Waals surface area contributed by atoms with Gasteiger partial charge in [-0.1, -0.05) is 0 Å². The van der Waals surface area contributed by atoms with Crippen LogP contribution in [0, 0.1) is 5.92 Å². The van der Waals surface area contributed by atoms with Gasteiger partial charge in [0, 0.05) is 30.8 Å². The summed E-state index contributed by atoms with van der Waals surface area (Å²) in [6.07, 6.45) is 4.77. The van der Waals surface area contributed by atoms with Crippen LogP contribution < -0.4 is 0 Å². The number of likely N-dealkylation sites (tertiary alicyclic amines) is 1. The lowest BCUT2D eigenvalue weighted by atomic mass is 10.1. The van der Waals surface area contributed by atoms with Crippen LogP contribution in [-0.2, 0) is 6.42 Å². The van der Waals surface area contributed by atoms with Crippen molar-refractivity contribution in [3.63, 3.8) is 0 Å². The van der Waals surface area contributed by atoms with Gasteiger partial charge in [0.25, 0.3) is 0 Å². The predicted molar refractivity (Wildman–Crippen MR) is 76.9 cm³/mol. The van der Waals surface area contributed by atoms with E-state index >= 15 is 0 Å². The molecule has 1 saturated heterocycles. The molecule has 3 heterocycles. The molecule has 0 aromatic carbocycles. The van der Waals surface area contributed by atoms with Crippen molar-refractivity contribution in [2.45, 2.75) is 32.7 Å². The van der Waals surface area contributed by atoms with Crippen molar-refractivity contribution in [3.8, 4) is 0 Å².